The lowest BCUT2D eigenvalue weighted by Gasteiger charge is -2.35. The summed E-state index contributed by atoms with van der Waals surface area (Å²) in [6.45, 7) is 4.02. The van der Waals surface area contributed by atoms with E-state index in [1.54, 1.807) is 17.0 Å². The van der Waals surface area contributed by atoms with E-state index in [0.29, 0.717) is 37.6 Å². The zero-order valence-electron chi connectivity index (χ0n) is 15.6. The molecule has 6 nitrogen and oxygen atoms in total. The number of nitrogens with zero attached hydrogens (tertiary/aromatic N) is 2. The number of hydrogen-bond donors (Lipinski definition) is 1. The first-order valence-corrected chi connectivity index (χ1v) is 10.3. The van der Waals surface area contributed by atoms with Crippen LogP contribution in [0.1, 0.15) is 6.92 Å². The molecule has 2 aromatic carbocycles. The summed E-state index contributed by atoms with van der Waals surface area (Å²) in [7, 11) is -1.73. The predicted octanol–water partition coefficient (Wildman–Crippen LogP) is 1.95. The molecule has 0 saturated carbocycles. The number of fused-ring (bicyclic) bond motifs is 1. The van der Waals surface area contributed by atoms with Crippen LogP contribution in [0.2, 0.25) is 0 Å². The Labute approximate surface area is 167 Å². The van der Waals surface area contributed by atoms with E-state index in [1.165, 1.54) is 4.31 Å². The maximum atomic E-state index is 13.0. The number of sulfonamides is 1. The van der Waals surface area contributed by atoms with Gasteiger partial charge < -0.3 is 10.2 Å². The number of piperazine rings is 1. The third kappa shape index (κ3) is 4.60. The lowest BCUT2D eigenvalue weighted by atomic mass is 10.1. The molecule has 1 aliphatic heterocycles. The van der Waals surface area contributed by atoms with Gasteiger partial charge in [0.05, 0.1) is 4.90 Å². The lowest BCUT2D eigenvalue weighted by molar-refractivity contribution is -0.136. The molecule has 148 valence electrons. The van der Waals surface area contributed by atoms with E-state index < -0.39 is 10.0 Å². The molecule has 0 aromatic heterocycles. The van der Waals surface area contributed by atoms with E-state index >= 15 is 0 Å². The van der Waals surface area contributed by atoms with Crippen molar-refractivity contribution >= 4 is 39.1 Å². The van der Waals surface area contributed by atoms with Crippen LogP contribution >= 0.6 is 12.4 Å². The Bertz CT molecular complexity index is 896. The van der Waals surface area contributed by atoms with Crippen LogP contribution in [0.5, 0.6) is 0 Å². The Morgan fingerprint density at radius 3 is 2.33 bits per heavy atom. The molecule has 0 bridgehead atoms. The fourth-order valence-corrected chi connectivity index (χ4v) is 4.79. The number of benzene rings is 2. The normalized spacial score (nSPS) is 16.7. The van der Waals surface area contributed by atoms with Gasteiger partial charge in [-0.25, -0.2) is 8.42 Å². The summed E-state index contributed by atoms with van der Waals surface area (Å²) in [5, 5.41) is 4.92. The second-order valence-electron chi connectivity index (χ2n) is 6.70. The molecule has 1 fully saturated rings. The highest BCUT2D eigenvalue weighted by molar-refractivity contribution is 7.89. The largest absolute Gasteiger partial charge is 0.340 e. The van der Waals surface area contributed by atoms with E-state index in [1.807, 2.05) is 44.3 Å². The minimum absolute atomic E-state index is 0. The highest BCUT2D eigenvalue weighted by atomic mass is 35.5. The van der Waals surface area contributed by atoms with E-state index in [9.17, 15) is 13.2 Å². The topological polar surface area (TPSA) is 69.7 Å². The monoisotopic (exact) mass is 411 g/mol. The SMILES string of the molecule is CNCC(C)C(=O)N1CCN(S(=O)(=O)c2ccc3ccccc3c2)CC1.Cl. The molecular weight excluding hydrogens is 386 g/mol. The summed E-state index contributed by atoms with van der Waals surface area (Å²) >= 11 is 0. The molecule has 0 aliphatic carbocycles. The minimum atomic E-state index is -3.55. The highest BCUT2D eigenvalue weighted by Crippen LogP contribution is 2.23. The van der Waals surface area contributed by atoms with Gasteiger partial charge in [0.25, 0.3) is 0 Å². The molecule has 0 radical (unpaired) electrons. The van der Waals surface area contributed by atoms with Gasteiger partial charge in [0.1, 0.15) is 0 Å². The molecule has 1 amide bonds. The summed E-state index contributed by atoms with van der Waals surface area (Å²) in [6, 6.07) is 12.9. The van der Waals surface area contributed by atoms with Crippen LogP contribution in [-0.2, 0) is 14.8 Å². The molecule has 0 spiro atoms. The second-order valence-corrected chi connectivity index (χ2v) is 8.63. The first kappa shape index (κ1) is 21.6. The average Bonchev–Trinajstić information content (AvgIpc) is 2.67. The molecule has 1 unspecified atom stereocenters. The third-order valence-electron chi connectivity index (χ3n) is 4.84. The maximum absolute atomic E-state index is 13.0. The number of carbonyl (C=O) groups excluding carboxylic acids is 1. The first-order valence-electron chi connectivity index (χ1n) is 8.86. The molecule has 1 atom stereocenters. The number of halogens is 1. The van der Waals surface area contributed by atoms with Crippen molar-refractivity contribution in [1.29, 1.82) is 0 Å². The number of amides is 1. The molecule has 1 N–H and O–H groups in total. The molecule has 27 heavy (non-hydrogen) atoms. The van der Waals surface area contributed by atoms with Crippen molar-refractivity contribution in [2.24, 2.45) is 5.92 Å². The first-order chi connectivity index (χ1) is 12.4. The summed E-state index contributed by atoms with van der Waals surface area (Å²) in [5.41, 5.74) is 0. The van der Waals surface area contributed by atoms with Crippen LogP contribution < -0.4 is 5.32 Å². The van der Waals surface area contributed by atoms with Crippen molar-refractivity contribution in [3.63, 3.8) is 0 Å². The Morgan fingerprint density at radius 1 is 1.07 bits per heavy atom. The summed E-state index contributed by atoms with van der Waals surface area (Å²) in [5.74, 6) is -0.0363. The third-order valence-corrected chi connectivity index (χ3v) is 6.74. The number of nitrogens with one attached hydrogen (secondary N) is 1. The van der Waals surface area contributed by atoms with Gasteiger partial charge in [-0.05, 0) is 30.0 Å². The summed E-state index contributed by atoms with van der Waals surface area (Å²) in [6.07, 6.45) is 0. The fourth-order valence-electron chi connectivity index (χ4n) is 3.33. The van der Waals surface area contributed by atoms with Crippen LogP contribution in [-0.4, -0.2) is 63.3 Å². The smallest absolute Gasteiger partial charge is 0.243 e. The van der Waals surface area contributed by atoms with Crippen LogP contribution in [0.4, 0.5) is 0 Å². The van der Waals surface area contributed by atoms with E-state index in [2.05, 4.69) is 5.32 Å². The van der Waals surface area contributed by atoms with Crippen molar-refractivity contribution in [2.45, 2.75) is 11.8 Å². The van der Waals surface area contributed by atoms with Gasteiger partial charge in [0.2, 0.25) is 15.9 Å². The second kappa shape index (κ2) is 9.01. The van der Waals surface area contributed by atoms with Gasteiger partial charge in [-0.2, -0.15) is 4.31 Å². The molecule has 1 saturated heterocycles. The van der Waals surface area contributed by atoms with Crippen LogP contribution in [0, 0.1) is 5.92 Å². The summed E-state index contributed by atoms with van der Waals surface area (Å²) in [4.78, 5) is 14.4. The number of rotatable bonds is 5. The van der Waals surface area contributed by atoms with Crippen LogP contribution in [0.3, 0.4) is 0 Å². The fraction of sp³-hybridized carbons (Fsp3) is 0.421. The van der Waals surface area contributed by atoms with Gasteiger partial charge in [0, 0.05) is 38.6 Å². The molecule has 8 heteroatoms. The quantitative estimate of drug-likeness (QED) is 0.816. The molecule has 1 heterocycles. The standard InChI is InChI=1S/C19H25N3O3S.ClH/c1-15(14-20-2)19(23)21-9-11-22(12-10-21)26(24,25)18-8-7-16-5-3-4-6-17(16)13-18;/h3-8,13,15,20H,9-12,14H2,1-2H3;1H. The van der Waals surface area contributed by atoms with Crippen molar-refractivity contribution in [1.82, 2.24) is 14.5 Å². The van der Waals surface area contributed by atoms with Crippen molar-refractivity contribution in [2.75, 3.05) is 39.8 Å². The van der Waals surface area contributed by atoms with Gasteiger partial charge >= 0.3 is 0 Å². The van der Waals surface area contributed by atoms with Crippen molar-refractivity contribution < 1.29 is 13.2 Å². The number of hydrogen-bond acceptors (Lipinski definition) is 4. The van der Waals surface area contributed by atoms with Crippen LogP contribution in [0.15, 0.2) is 47.4 Å². The Morgan fingerprint density at radius 2 is 1.70 bits per heavy atom. The minimum Gasteiger partial charge on any atom is -0.340 e. The van der Waals surface area contributed by atoms with Gasteiger partial charge in [0.15, 0.2) is 0 Å². The zero-order valence-corrected chi connectivity index (χ0v) is 17.2. The lowest BCUT2D eigenvalue weighted by Crippen LogP contribution is -2.52. The Hall–Kier alpha value is -1.67. The van der Waals surface area contributed by atoms with E-state index in [0.717, 1.165) is 10.8 Å². The maximum Gasteiger partial charge on any atom is 0.243 e. The Balaban J connectivity index is 0.00000261. The Kier molecular flexibility index (Phi) is 7.22. The van der Waals surface area contributed by atoms with Crippen molar-refractivity contribution in [3.8, 4) is 0 Å². The highest BCUT2D eigenvalue weighted by Gasteiger charge is 2.31. The van der Waals surface area contributed by atoms with E-state index in [-0.39, 0.29) is 24.2 Å². The average molecular weight is 412 g/mol. The van der Waals surface area contributed by atoms with Gasteiger partial charge in [-0.15, -0.1) is 12.4 Å². The molecule has 3 rings (SSSR count). The molecular formula is C19H26ClN3O3S. The van der Waals surface area contributed by atoms with Gasteiger partial charge in [-0.3, -0.25) is 4.79 Å². The van der Waals surface area contributed by atoms with Crippen LogP contribution in [0.25, 0.3) is 10.8 Å². The predicted molar refractivity (Wildman–Crippen MR) is 110 cm³/mol. The zero-order chi connectivity index (χ0) is 18.7. The molecule has 2 aromatic rings. The van der Waals surface area contributed by atoms with Crippen molar-refractivity contribution in [3.05, 3.63) is 42.5 Å². The van der Waals surface area contributed by atoms with Gasteiger partial charge in [-0.1, -0.05) is 37.3 Å². The number of carbonyl (C=O) groups is 1. The summed E-state index contributed by atoms with van der Waals surface area (Å²) < 4.78 is 27.4. The molecule has 1 aliphatic rings. The van der Waals surface area contributed by atoms with E-state index in [4.69, 9.17) is 0 Å².